The van der Waals surface area contributed by atoms with Gasteiger partial charge in [0.2, 0.25) is 0 Å². The van der Waals surface area contributed by atoms with Gasteiger partial charge in [-0.15, -0.1) is 0 Å². The number of esters is 4. The van der Waals surface area contributed by atoms with Crippen molar-refractivity contribution in [3.05, 3.63) is 0 Å². The highest BCUT2D eigenvalue weighted by Gasteiger charge is 2.50. The smallest absolute Gasteiger partial charge is 0.336 e. The summed E-state index contributed by atoms with van der Waals surface area (Å²) in [4.78, 5) is 61.2. The van der Waals surface area contributed by atoms with E-state index in [4.69, 9.17) is 28.6 Å². The van der Waals surface area contributed by atoms with Crippen LogP contribution in [0.5, 0.6) is 0 Å². The first kappa shape index (κ1) is 41.9. The summed E-state index contributed by atoms with van der Waals surface area (Å²) >= 11 is 0. The van der Waals surface area contributed by atoms with E-state index in [1.165, 1.54) is 14.2 Å². The third-order valence-electron chi connectivity index (χ3n) is 9.31. The van der Waals surface area contributed by atoms with Crippen LogP contribution in [0, 0.1) is 0 Å². The molecule has 0 aromatic carbocycles. The molecule has 0 aromatic heterocycles. The molecule has 2 saturated heterocycles. The molecule has 2 heterocycles. The predicted molar refractivity (Wildman–Crippen MR) is 180 cm³/mol. The third kappa shape index (κ3) is 12.2. The molecule has 2 unspecified atom stereocenters. The number of hydroxylamine groups is 4. The monoisotopic (exact) mass is 684 g/mol. The van der Waals surface area contributed by atoms with Gasteiger partial charge in [-0.2, -0.15) is 10.1 Å². The highest BCUT2D eigenvalue weighted by Crippen LogP contribution is 2.42. The summed E-state index contributed by atoms with van der Waals surface area (Å²) in [6.45, 7) is 19.5. The van der Waals surface area contributed by atoms with Crippen LogP contribution in [-0.2, 0) is 47.8 Å². The second kappa shape index (κ2) is 17.6. The molecule has 48 heavy (non-hydrogen) atoms. The van der Waals surface area contributed by atoms with Gasteiger partial charge < -0.3 is 18.9 Å². The molecule has 0 N–H and O–H groups in total. The van der Waals surface area contributed by atoms with Crippen LogP contribution in [0.2, 0.25) is 0 Å². The maximum Gasteiger partial charge on any atom is 0.336 e. The first-order valence-electron chi connectivity index (χ1n) is 17.6. The van der Waals surface area contributed by atoms with Crippen molar-refractivity contribution in [2.75, 3.05) is 14.2 Å². The number of unbranched alkanes of at least 4 members (excludes halogenated alkanes) is 5. The van der Waals surface area contributed by atoms with E-state index in [0.29, 0.717) is 38.5 Å². The van der Waals surface area contributed by atoms with Gasteiger partial charge >= 0.3 is 23.9 Å². The lowest BCUT2D eigenvalue weighted by Gasteiger charge is -2.53. The lowest BCUT2D eigenvalue weighted by atomic mass is 9.80. The molecule has 2 atom stereocenters. The average Bonchev–Trinajstić information content (AvgIpc) is 2.96. The summed E-state index contributed by atoms with van der Waals surface area (Å²) in [7, 11) is 2.68. The van der Waals surface area contributed by atoms with Crippen molar-refractivity contribution < 1.29 is 47.8 Å². The fourth-order valence-electron chi connectivity index (χ4n) is 7.55. The zero-order valence-corrected chi connectivity index (χ0v) is 31.8. The van der Waals surface area contributed by atoms with Gasteiger partial charge in [-0.25, -0.2) is 9.59 Å². The fourth-order valence-corrected chi connectivity index (χ4v) is 7.55. The molecule has 0 amide bonds. The van der Waals surface area contributed by atoms with E-state index in [1.807, 2.05) is 65.5 Å². The van der Waals surface area contributed by atoms with Gasteiger partial charge in [0, 0.05) is 60.7 Å². The minimum Gasteiger partial charge on any atom is -0.467 e. The first-order chi connectivity index (χ1) is 22.1. The Hall–Kier alpha value is -2.28. The number of carbonyl (C=O) groups excluding carboxylic acids is 4. The molecule has 2 aliphatic rings. The van der Waals surface area contributed by atoms with Crippen LogP contribution in [0.4, 0.5) is 0 Å². The van der Waals surface area contributed by atoms with E-state index in [2.05, 4.69) is 0 Å². The molecule has 0 radical (unpaired) electrons. The van der Waals surface area contributed by atoms with Crippen LogP contribution in [0.15, 0.2) is 0 Å². The number of hydrogen-bond acceptors (Lipinski definition) is 12. The third-order valence-corrected chi connectivity index (χ3v) is 9.31. The SMILES string of the molecule is COC(=O)C(C)ON1C(C)(C)CC(OC(=O)CCCCCCCCC(=O)OC2CC(C)(C)N(OC(C)C(=O)OC)C(C)(C)C2)CC1(C)C. The number of piperidine rings is 2. The van der Waals surface area contributed by atoms with Gasteiger partial charge in [0.15, 0.2) is 12.2 Å². The number of methoxy groups -OCH3 is 2. The van der Waals surface area contributed by atoms with Gasteiger partial charge in [-0.3, -0.25) is 19.3 Å². The van der Waals surface area contributed by atoms with Gasteiger partial charge in [0.05, 0.1) is 14.2 Å². The Morgan fingerprint density at radius 2 is 0.812 bits per heavy atom. The van der Waals surface area contributed by atoms with Crippen LogP contribution >= 0.6 is 0 Å². The summed E-state index contributed by atoms with van der Waals surface area (Å²) < 4.78 is 21.4. The molecule has 2 fully saturated rings. The number of rotatable bonds is 17. The van der Waals surface area contributed by atoms with Crippen molar-refractivity contribution in [2.45, 2.75) is 193 Å². The van der Waals surface area contributed by atoms with Crippen molar-refractivity contribution in [2.24, 2.45) is 0 Å². The molecule has 0 bridgehead atoms. The van der Waals surface area contributed by atoms with Gasteiger partial charge in [0.1, 0.15) is 12.2 Å². The number of nitrogens with zero attached hydrogens (tertiary/aromatic N) is 2. The van der Waals surface area contributed by atoms with E-state index in [9.17, 15) is 19.2 Å². The van der Waals surface area contributed by atoms with Crippen LogP contribution < -0.4 is 0 Å². The summed E-state index contributed by atoms with van der Waals surface area (Å²) in [6, 6.07) is 0. The lowest BCUT2D eigenvalue weighted by Crippen LogP contribution is -2.63. The minimum atomic E-state index is -0.734. The second-order valence-corrected chi connectivity index (χ2v) is 16.0. The number of ether oxygens (including phenoxy) is 4. The largest absolute Gasteiger partial charge is 0.467 e. The van der Waals surface area contributed by atoms with E-state index in [0.717, 1.165) is 38.5 Å². The van der Waals surface area contributed by atoms with Crippen LogP contribution in [0.25, 0.3) is 0 Å². The highest BCUT2D eigenvalue weighted by atomic mass is 16.7. The summed E-state index contributed by atoms with van der Waals surface area (Å²) in [6.07, 6.45) is 6.55. The summed E-state index contributed by atoms with van der Waals surface area (Å²) in [5, 5.41) is 3.70. The molecule has 2 rings (SSSR count). The molecular formula is C36H64N2O10. The molecule has 12 nitrogen and oxygen atoms in total. The molecule has 2 aliphatic heterocycles. The second-order valence-electron chi connectivity index (χ2n) is 16.0. The minimum absolute atomic E-state index is 0.187. The van der Waals surface area contributed by atoms with Gasteiger partial charge in [-0.1, -0.05) is 25.7 Å². The maximum absolute atomic E-state index is 12.7. The van der Waals surface area contributed by atoms with Gasteiger partial charge in [0.25, 0.3) is 0 Å². The zero-order chi connectivity index (χ0) is 36.5. The van der Waals surface area contributed by atoms with Crippen molar-refractivity contribution >= 4 is 23.9 Å². The Morgan fingerprint density at radius 3 is 1.08 bits per heavy atom. The molecule has 0 aromatic rings. The molecule has 278 valence electrons. The molecular weight excluding hydrogens is 620 g/mol. The van der Waals surface area contributed by atoms with Crippen molar-refractivity contribution in [3.63, 3.8) is 0 Å². The standard InChI is InChI=1S/C36H64N2O10/c1-25(31(41)43-11)47-37-33(3,4)21-27(22-34(37,5)6)45-29(39)19-17-15-13-14-16-18-20-30(40)46-28-23-35(7,8)38(36(9,10)24-28)48-26(2)32(42)44-12/h25-28H,13-24H2,1-12H3. The van der Waals surface area contributed by atoms with Crippen molar-refractivity contribution in [3.8, 4) is 0 Å². The zero-order valence-electron chi connectivity index (χ0n) is 31.8. The normalized spacial score (nSPS) is 22.3. The Kier molecular flexibility index (Phi) is 15.3. The highest BCUT2D eigenvalue weighted by molar-refractivity contribution is 5.74. The predicted octanol–water partition coefficient (Wildman–Crippen LogP) is 6.22. The lowest BCUT2D eigenvalue weighted by molar-refractivity contribution is -0.309. The number of carbonyl (C=O) groups is 4. The van der Waals surface area contributed by atoms with Crippen molar-refractivity contribution in [1.82, 2.24) is 10.1 Å². The number of hydrogen-bond donors (Lipinski definition) is 0. The first-order valence-corrected chi connectivity index (χ1v) is 17.6. The Labute approximate surface area is 288 Å². The van der Waals surface area contributed by atoms with Gasteiger partial charge in [-0.05, 0) is 82.1 Å². The summed E-state index contributed by atoms with van der Waals surface area (Å²) in [5.74, 6) is -1.24. The molecule has 12 heteroatoms. The Balaban J connectivity index is 1.65. The van der Waals surface area contributed by atoms with Crippen LogP contribution in [-0.4, -0.2) is 94.8 Å². The summed E-state index contributed by atoms with van der Waals surface area (Å²) in [5.41, 5.74) is -1.81. The molecule has 0 saturated carbocycles. The van der Waals surface area contributed by atoms with E-state index in [-0.39, 0.29) is 24.1 Å². The topological polar surface area (TPSA) is 130 Å². The maximum atomic E-state index is 12.7. The average molecular weight is 685 g/mol. The van der Waals surface area contributed by atoms with Crippen LogP contribution in [0.3, 0.4) is 0 Å². The van der Waals surface area contributed by atoms with E-state index in [1.54, 1.807) is 13.8 Å². The Morgan fingerprint density at radius 1 is 0.542 bits per heavy atom. The molecule has 0 spiro atoms. The van der Waals surface area contributed by atoms with Crippen LogP contribution in [0.1, 0.15) is 146 Å². The fraction of sp³-hybridized carbons (Fsp3) is 0.889. The van der Waals surface area contributed by atoms with Crippen molar-refractivity contribution in [1.29, 1.82) is 0 Å². The molecule has 0 aliphatic carbocycles. The Bertz CT molecular complexity index is 969. The quantitative estimate of drug-likeness (QED) is 0.0979. The van der Waals surface area contributed by atoms with E-state index >= 15 is 0 Å². The van der Waals surface area contributed by atoms with E-state index < -0.39 is 46.3 Å².